The Morgan fingerprint density at radius 3 is 1.92 bits per heavy atom. The summed E-state index contributed by atoms with van der Waals surface area (Å²) in [5.74, 6) is 0. The van der Waals surface area contributed by atoms with Gasteiger partial charge < -0.3 is 29.7 Å². The third-order valence-corrected chi connectivity index (χ3v) is 2.13. The van der Waals surface area contributed by atoms with Crippen molar-refractivity contribution < 1.29 is 27.7 Å². The van der Waals surface area contributed by atoms with Crippen molar-refractivity contribution in [1.82, 2.24) is 4.90 Å². The molecule has 0 aromatic rings. The number of rotatable bonds is 0. The van der Waals surface area contributed by atoms with Crippen molar-refractivity contribution in [3.8, 4) is 0 Å². The molecule has 1 aliphatic heterocycles. The molecule has 2 radical (unpaired) electrons. The average Bonchev–Trinajstić information content (AvgIpc) is 2.10. The maximum atomic E-state index is 4.86. The van der Waals surface area contributed by atoms with Crippen LogP contribution in [0.25, 0.3) is 0 Å². The molecule has 66 valence electrons. The van der Waals surface area contributed by atoms with E-state index in [1.54, 1.807) is 6.92 Å². The van der Waals surface area contributed by atoms with Crippen molar-refractivity contribution in [2.24, 2.45) is 0 Å². The minimum atomic E-state index is 0. The molecule has 0 aliphatic carbocycles. The van der Waals surface area contributed by atoms with Crippen molar-refractivity contribution in [3.63, 3.8) is 0 Å². The summed E-state index contributed by atoms with van der Waals surface area (Å²) >= 11 is 9.71. The zero-order valence-electron chi connectivity index (χ0n) is 7.71. The van der Waals surface area contributed by atoms with E-state index in [0.29, 0.717) is 4.32 Å². The van der Waals surface area contributed by atoms with Gasteiger partial charge in [-0.2, -0.15) is 0 Å². The minimum Gasteiger partial charge on any atom is -0.411 e. The third-order valence-electron chi connectivity index (χ3n) is 1.61. The first-order valence-electron chi connectivity index (χ1n) is 3.97. The molecule has 0 bridgehead atoms. The second-order valence-electron chi connectivity index (χ2n) is 2.31. The van der Waals surface area contributed by atoms with Gasteiger partial charge in [0.05, 0.1) is 0 Å². The Labute approximate surface area is 107 Å². The fourth-order valence-corrected chi connectivity index (χ4v) is 1.44. The molecule has 12 heavy (non-hydrogen) atoms. The van der Waals surface area contributed by atoms with Crippen LogP contribution in [0.5, 0.6) is 0 Å². The summed E-state index contributed by atoms with van der Waals surface area (Å²) in [6.45, 7) is 7.17. The van der Waals surface area contributed by atoms with Crippen molar-refractivity contribution in [1.29, 1.82) is 0 Å². The summed E-state index contributed by atoms with van der Waals surface area (Å²) in [7, 11) is 0. The summed E-state index contributed by atoms with van der Waals surface area (Å²) in [6, 6.07) is 0. The molecule has 4 heteroatoms. The molecule has 1 fully saturated rings. The molecule has 0 N–H and O–H groups in total. The van der Waals surface area contributed by atoms with Gasteiger partial charge in [-0.15, -0.1) is 0 Å². The Morgan fingerprint density at radius 2 is 1.67 bits per heavy atom. The van der Waals surface area contributed by atoms with E-state index in [1.165, 1.54) is 19.3 Å². The van der Waals surface area contributed by atoms with Crippen LogP contribution < -0.4 is 0 Å². The van der Waals surface area contributed by atoms with Gasteiger partial charge in [0.15, 0.2) is 0 Å². The predicted molar refractivity (Wildman–Crippen MR) is 56.4 cm³/mol. The summed E-state index contributed by atoms with van der Waals surface area (Å²) in [6.07, 6.45) is 3.86. The predicted octanol–water partition coefficient (Wildman–Crippen LogP) is 2.14. The third kappa shape index (κ3) is 6.55. The van der Waals surface area contributed by atoms with E-state index in [4.69, 9.17) is 24.8 Å². The van der Waals surface area contributed by atoms with Crippen LogP contribution in [0.15, 0.2) is 0 Å². The Hall–Kier alpha value is 1.05. The first-order chi connectivity index (χ1) is 5.30. The van der Waals surface area contributed by atoms with Gasteiger partial charge >= 0.3 is 27.7 Å². The molecule has 0 unspecified atom stereocenters. The first kappa shape index (κ1) is 15.5. The second kappa shape index (κ2) is 10.1. The zero-order valence-corrected chi connectivity index (χ0v) is 14.8. The van der Waals surface area contributed by atoms with E-state index in [2.05, 4.69) is 11.8 Å². The van der Waals surface area contributed by atoms with Crippen molar-refractivity contribution in [3.05, 3.63) is 6.92 Å². The fraction of sp³-hybridized carbons (Fsp3) is 0.750. The van der Waals surface area contributed by atoms with E-state index < -0.39 is 0 Å². The topological polar surface area (TPSA) is 3.24 Å². The van der Waals surface area contributed by atoms with Crippen molar-refractivity contribution >= 4 is 29.2 Å². The van der Waals surface area contributed by atoms with Crippen LogP contribution in [0.4, 0.5) is 0 Å². The van der Waals surface area contributed by atoms with Gasteiger partial charge in [-0.05, 0) is 19.3 Å². The second-order valence-corrected chi connectivity index (χ2v) is 3.35. The molecule has 0 spiro atoms. The van der Waals surface area contributed by atoms with Gasteiger partial charge in [-0.1, -0.05) is 18.2 Å². The standard InChI is InChI=1S/C6H11NS2.C2H5.Hg/c8-6(9)7-4-2-1-3-5-7;1-2;/h1-5H2,(H,8,9);1H2,2H3;/q;;+1/p-1. The van der Waals surface area contributed by atoms with Gasteiger partial charge in [0.1, 0.15) is 0 Å². The molecule has 0 saturated carbocycles. The van der Waals surface area contributed by atoms with Gasteiger partial charge in [0.2, 0.25) is 0 Å². The Bertz CT molecular complexity index is 114. The summed E-state index contributed by atoms with van der Waals surface area (Å²) in [4.78, 5) is 2.11. The van der Waals surface area contributed by atoms with Crippen LogP contribution in [0.1, 0.15) is 26.2 Å². The van der Waals surface area contributed by atoms with Crippen molar-refractivity contribution in [2.75, 3.05) is 13.1 Å². The van der Waals surface area contributed by atoms with Gasteiger partial charge in [-0.3, -0.25) is 0 Å². The van der Waals surface area contributed by atoms with Gasteiger partial charge in [0, 0.05) is 13.1 Å². The molecule has 1 saturated heterocycles. The van der Waals surface area contributed by atoms with Crippen LogP contribution in [0.3, 0.4) is 0 Å². The quantitative estimate of drug-likeness (QED) is 0.355. The van der Waals surface area contributed by atoms with E-state index in [1.807, 2.05) is 0 Å². The zero-order chi connectivity index (χ0) is 8.69. The number of hydrogen-bond donors (Lipinski definition) is 0. The van der Waals surface area contributed by atoms with Crippen molar-refractivity contribution in [2.45, 2.75) is 26.2 Å². The van der Waals surface area contributed by atoms with Crippen LogP contribution in [-0.2, 0) is 40.3 Å². The van der Waals surface area contributed by atoms with E-state index in [-0.39, 0.29) is 27.7 Å². The maximum Gasteiger partial charge on any atom is 1.00 e. The average molecular weight is 390 g/mol. The number of likely N-dealkylation sites (tertiary alicyclic amines) is 1. The van der Waals surface area contributed by atoms with Gasteiger partial charge in [0.25, 0.3) is 0 Å². The Balaban J connectivity index is 0. The number of thiocarbonyl (C=S) groups is 1. The monoisotopic (exact) mass is 391 g/mol. The molecule has 1 aliphatic rings. The number of piperidine rings is 1. The molecule has 1 rings (SSSR count). The molecular formula is C8H15HgNS2. The molecule has 1 heterocycles. The first-order valence-corrected chi connectivity index (χ1v) is 4.79. The Kier molecular flexibility index (Phi) is 13.1. The SMILES string of the molecule is S=C([S-])N1CCCCC1.[CH2]C.[Hg+]. The number of hydrogen-bond acceptors (Lipinski definition) is 2. The maximum absolute atomic E-state index is 4.86. The minimum absolute atomic E-state index is 0. The fourth-order valence-electron chi connectivity index (χ4n) is 1.08. The van der Waals surface area contributed by atoms with Crippen LogP contribution in [-0.4, -0.2) is 22.3 Å². The van der Waals surface area contributed by atoms with E-state index in [9.17, 15) is 0 Å². The molecular weight excluding hydrogens is 375 g/mol. The molecule has 0 amide bonds. The molecule has 0 atom stereocenters. The van der Waals surface area contributed by atoms with Crippen LogP contribution >= 0.6 is 12.2 Å². The largest absolute Gasteiger partial charge is 1.00 e. The smallest absolute Gasteiger partial charge is 0.411 e. The Morgan fingerprint density at radius 1 is 1.25 bits per heavy atom. The molecule has 1 nitrogen and oxygen atoms in total. The number of nitrogens with zero attached hydrogens (tertiary/aromatic N) is 1. The molecule has 0 aromatic carbocycles. The summed E-state index contributed by atoms with van der Waals surface area (Å²) in [5.41, 5.74) is 0. The summed E-state index contributed by atoms with van der Waals surface area (Å²) in [5, 5.41) is 0. The molecule has 0 aromatic heterocycles. The van der Waals surface area contributed by atoms with E-state index >= 15 is 0 Å². The van der Waals surface area contributed by atoms with E-state index in [0.717, 1.165) is 13.1 Å². The normalized spacial score (nSPS) is 15.3. The van der Waals surface area contributed by atoms with Gasteiger partial charge in [-0.25, -0.2) is 0 Å². The van der Waals surface area contributed by atoms with Crippen LogP contribution in [0, 0.1) is 6.92 Å². The summed E-state index contributed by atoms with van der Waals surface area (Å²) < 4.78 is 0.648. The van der Waals surface area contributed by atoms with Crippen LogP contribution in [0.2, 0.25) is 0 Å².